The monoisotopic (exact) mass is 215 g/mol. The van der Waals surface area contributed by atoms with Gasteiger partial charge in [0.15, 0.2) is 0 Å². The highest BCUT2D eigenvalue weighted by Crippen LogP contribution is 2.16. The number of nitrogens with one attached hydrogen (secondary N) is 1. The molecule has 84 valence electrons. The molecular weight excluding hydrogens is 202 g/mol. The number of nitrogens with zero attached hydrogens (tertiary/aromatic N) is 1. The van der Waals surface area contributed by atoms with Gasteiger partial charge in [-0.05, 0) is 13.3 Å². The van der Waals surface area contributed by atoms with Gasteiger partial charge in [0.05, 0.1) is 0 Å². The fraction of sp³-hybridized carbons (Fsp3) is 0.625. The van der Waals surface area contributed by atoms with Crippen molar-refractivity contribution in [3.8, 4) is 0 Å². The minimum absolute atomic E-state index is 0.422. The number of carboxylic acids is 1. The van der Waals surface area contributed by atoms with Crippen molar-refractivity contribution in [2.24, 2.45) is 5.73 Å². The lowest BCUT2D eigenvalue weighted by atomic mass is 10.0. The standard InChI is InChI=1S/C8H13N3O4/c1-4(7(13)14)10-8(15)11-3-2-5(11)6(9)12/h4-5H,2-3H2,1H3,(H2,9,12)(H,10,15)(H,13,14)/t4-,5?/m0/s1. The van der Waals surface area contributed by atoms with Crippen LogP contribution >= 0.6 is 0 Å². The van der Waals surface area contributed by atoms with E-state index in [9.17, 15) is 14.4 Å². The summed E-state index contributed by atoms with van der Waals surface area (Å²) in [6.07, 6.45) is 0.532. The molecule has 1 heterocycles. The number of nitrogens with two attached hydrogens (primary N) is 1. The number of hydrogen-bond donors (Lipinski definition) is 3. The molecule has 0 aromatic carbocycles. The van der Waals surface area contributed by atoms with Crippen molar-refractivity contribution in [2.45, 2.75) is 25.4 Å². The van der Waals surface area contributed by atoms with E-state index in [4.69, 9.17) is 10.8 Å². The van der Waals surface area contributed by atoms with Crippen molar-refractivity contribution >= 4 is 17.9 Å². The highest BCUT2D eigenvalue weighted by atomic mass is 16.4. The molecule has 1 aliphatic heterocycles. The van der Waals surface area contributed by atoms with E-state index in [1.165, 1.54) is 11.8 Å². The molecule has 0 aliphatic carbocycles. The van der Waals surface area contributed by atoms with Crippen molar-refractivity contribution in [2.75, 3.05) is 6.54 Å². The third kappa shape index (κ3) is 2.36. The maximum absolute atomic E-state index is 11.4. The summed E-state index contributed by atoms with van der Waals surface area (Å²) in [5.74, 6) is -1.70. The number of likely N-dealkylation sites (tertiary alicyclic amines) is 1. The summed E-state index contributed by atoms with van der Waals surface area (Å²) >= 11 is 0. The van der Waals surface area contributed by atoms with Crippen LogP contribution in [0.5, 0.6) is 0 Å². The Morgan fingerprint density at radius 1 is 1.53 bits per heavy atom. The first kappa shape index (κ1) is 11.3. The second kappa shape index (κ2) is 4.16. The third-order valence-electron chi connectivity index (χ3n) is 2.32. The van der Waals surface area contributed by atoms with Crippen LogP contribution in [0.4, 0.5) is 4.79 Å². The molecule has 0 spiro atoms. The second-order valence-electron chi connectivity index (χ2n) is 3.41. The van der Waals surface area contributed by atoms with E-state index in [0.717, 1.165) is 0 Å². The molecule has 7 heteroatoms. The van der Waals surface area contributed by atoms with E-state index in [1.54, 1.807) is 0 Å². The summed E-state index contributed by atoms with van der Waals surface area (Å²) in [5.41, 5.74) is 5.04. The van der Waals surface area contributed by atoms with E-state index in [1.807, 2.05) is 0 Å². The molecule has 2 atom stereocenters. The Balaban J connectivity index is 2.48. The van der Waals surface area contributed by atoms with Crippen molar-refractivity contribution in [1.29, 1.82) is 0 Å². The largest absolute Gasteiger partial charge is 0.480 e. The van der Waals surface area contributed by atoms with Gasteiger partial charge in [-0.1, -0.05) is 0 Å². The molecule has 1 saturated heterocycles. The van der Waals surface area contributed by atoms with E-state index < -0.39 is 30.0 Å². The van der Waals surface area contributed by atoms with Gasteiger partial charge in [-0.15, -0.1) is 0 Å². The predicted molar refractivity (Wildman–Crippen MR) is 49.9 cm³/mol. The number of carbonyl (C=O) groups excluding carboxylic acids is 2. The number of hydrogen-bond acceptors (Lipinski definition) is 3. The van der Waals surface area contributed by atoms with Gasteiger partial charge in [-0.25, -0.2) is 4.79 Å². The summed E-state index contributed by atoms with van der Waals surface area (Å²) in [4.78, 5) is 33.9. The molecular formula is C8H13N3O4. The van der Waals surface area contributed by atoms with Crippen LogP contribution in [0.1, 0.15) is 13.3 Å². The topological polar surface area (TPSA) is 113 Å². The van der Waals surface area contributed by atoms with E-state index in [-0.39, 0.29) is 0 Å². The highest BCUT2D eigenvalue weighted by Gasteiger charge is 2.36. The zero-order valence-electron chi connectivity index (χ0n) is 8.27. The third-order valence-corrected chi connectivity index (χ3v) is 2.32. The number of amides is 3. The van der Waals surface area contributed by atoms with Gasteiger partial charge >= 0.3 is 12.0 Å². The highest BCUT2D eigenvalue weighted by molar-refractivity contribution is 5.89. The quantitative estimate of drug-likeness (QED) is 0.544. The van der Waals surface area contributed by atoms with Crippen LogP contribution in [-0.4, -0.2) is 46.5 Å². The molecule has 0 aromatic rings. The number of aliphatic carboxylic acids is 1. The lowest BCUT2D eigenvalue weighted by Gasteiger charge is -2.38. The summed E-state index contributed by atoms with van der Waals surface area (Å²) in [6.45, 7) is 1.77. The van der Waals surface area contributed by atoms with Crippen LogP contribution in [0.15, 0.2) is 0 Å². The van der Waals surface area contributed by atoms with E-state index in [0.29, 0.717) is 13.0 Å². The van der Waals surface area contributed by atoms with Crippen LogP contribution in [0, 0.1) is 0 Å². The average molecular weight is 215 g/mol. The number of urea groups is 1. The van der Waals surface area contributed by atoms with Crippen molar-refractivity contribution < 1.29 is 19.5 Å². The Kier molecular flexibility index (Phi) is 3.13. The Labute approximate surface area is 86.2 Å². The van der Waals surface area contributed by atoms with Gasteiger partial charge in [0.1, 0.15) is 12.1 Å². The molecule has 15 heavy (non-hydrogen) atoms. The maximum atomic E-state index is 11.4. The minimum Gasteiger partial charge on any atom is -0.480 e. The zero-order chi connectivity index (χ0) is 11.6. The summed E-state index contributed by atoms with van der Waals surface area (Å²) in [5, 5.41) is 10.8. The predicted octanol–water partition coefficient (Wildman–Crippen LogP) is -1.27. The van der Waals surface area contributed by atoms with Crippen LogP contribution in [0.3, 0.4) is 0 Å². The first-order chi connectivity index (χ1) is 6.93. The molecule has 1 fully saturated rings. The molecule has 3 amide bonds. The Morgan fingerprint density at radius 3 is 2.47 bits per heavy atom. The zero-order valence-corrected chi connectivity index (χ0v) is 8.27. The molecule has 0 radical (unpaired) electrons. The van der Waals surface area contributed by atoms with Gasteiger partial charge in [-0.2, -0.15) is 0 Å². The Hall–Kier alpha value is -1.79. The van der Waals surface area contributed by atoms with Crippen LogP contribution in [0.25, 0.3) is 0 Å². The van der Waals surface area contributed by atoms with Crippen molar-refractivity contribution in [1.82, 2.24) is 10.2 Å². The Morgan fingerprint density at radius 2 is 2.13 bits per heavy atom. The lowest BCUT2D eigenvalue weighted by molar-refractivity contribution is -0.138. The Bertz CT molecular complexity index is 304. The van der Waals surface area contributed by atoms with Crippen LogP contribution in [0.2, 0.25) is 0 Å². The smallest absolute Gasteiger partial charge is 0.325 e. The molecule has 1 unspecified atom stereocenters. The SMILES string of the molecule is C[C@H](NC(=O)N1CCC1C(N)=O)C(=O)O. The van der Waals surface area contributed by atoms with Gasteiger partial charge in [0.2, 0.25) is 5.91 Å². The summed E-state index contributed by atoms with van der Waals surface area (Å²) in [7, 11) is 0. The minimum atomic E-state index is -1.13. The molecule has 0 bridgehead atoms. The van der Waals surface area contributed by atoms with E-state index in [2.05, 4.69) is 5.32 Å². The fourth-order valence-electron chi connectivity index (χ4n) is 1.26. The van der Waals surface area contributed by atoms with Crippen LogP contribution < -0.4 is 11.1 Å². The molecule has 1 aliphatic rings. The normalized spacial score (nSPS) is 21.4. The average Bonchev–Trinajstić information content (AvgIpc) is 1.99. The number of carboxylic acid groups (broad SMARTS) is 1. The molecule has 1 rings (SSSR count). The maximum Gasteiger partial charge on any atom is 0.325 e. The van der Waals surface area contributed by atoms with Crippen molar-refractivity contribution in [3.63, 3.8) is 0 Å². The number of carbonyl (C=O) groups is 3. The molecule has 0 saturated carbocycles. The number of primary amides is 1. The second-order valence-corrected chi connectivity index (χ2v) is 3.41. The number of rotatable bonds is 3. The first-order valence-electron chi connectivity index (χ1n) is 4.52. The summed E-state index contributed by atoms with van der Waals surface area (Å²) < 4.78 is 0. The molecule has 7 nitrogen and oxygen atoms in total. The lowest BCUT2D eigenvalue weighted by Crippen LogP contribution is -2.61. The van der Waals surface area contributed by atoms with Crippen LogP contribution in [-0.2, 0) is 9.59 Å². The molecule has 0 aromatic heterocycles. The summed E-state index contributed by atoms with van der Waals surface area (Å²) in [6, 6.07) is -2.16. The molecule has 4 N–H and O–H groups in total. The van der Waals surface area contributed by atoms with E-state index >= 15 is 0 Å². The first-order valence-corrected chi connectivity index (χ1v) is 4.52. The van der Waals surface area contributed by atoms with Crippen molar-refractivity contribution in [3.05, 3.63) is 0 Å². The van der Waals surface area contributed by atoms with Gasteiger partial charge in [-0.3, -0.25) is 9.59 Å². The fourth-order valence-corrected chi connectivity index (χ4v) is 1.26. The van der Waals surface area contributed by atoms with Gasteiger partial charge in [0.25, 0.3) is 0 Å². The van der Waals surface area contributed by atoms with Gasteiger partial charge < -0.3 is 21.1 Å². The van der Waals surface area contributed by atoms with Gasteiger partial charge in [0, 0.05) is 6.54 Å².